The molecule has 7 aromatic carbocycles. The zero-order valence-corrected chi connectivity index (χ0v) is 64.1. The molecule has 11 N–H and O–H groups in total. The minimum atomic E-state index is -0.189. The number of benzene rings is 7. The van der Waals surface area contributed by atoms with Gasteiger partial charge in [0, 0.05) is 111 Å². The number of hydrogen-bond acceptors (Lipinski definition) is 10. The van der Waals surface area contributed by atoms with Crippen LogP contribution in [-0.4, -0.2) is 95.9 Å². The Labute approximate surface area is 653 Å². The summed E-state index contributed by atoms with van der Waals surface area (Å²) in [4.78, 5) is 84.5. The average molecular weight is 1570 g/mol. The van der Waals surface area contributed by atoms with E-state index in [1.807, 2.05) is 148 Å². The van der Waals surface area contributed by atoms with Gasteiger partial charge < -0.3 is 70.5 Å². The number of aromatic nitrogens is 8. The zero-order chi connectivity index (χ0) is 76.7. The van der Waals surface area contributed by atoms with Gasteiger partial charge in [0.05, 0.1) is 37.0 Å². The van der Waals surface area contributed by atoms with Crippen molar-refractivity contribution in [3.05, 3.63) is 277 Å². The van der Waals surface area contributed by atoms with E-state index in [1.165, 1.54) is 50.4 Å². The first-order valence-electron chi connectivity index (χ1n) is 35.8. The van der Waals surface area contributed by atoms with Gasteiger partial charge in [-0.2, -0.15) is 0 Å². The predicted octanol–water partition coefficient (Wildman–Crippen LogP) is 19.5. The molecule has 109 heavy (non-hydrogen) atoms. The Kier molecular flexibility index (Phi) is 26.0. The SMILES string of the molecule is CC(NC(=O)c1cc2cc(Cl)ccc2[nH]1)C1CCCC1.CC(NC(=O)c1cc2cc(Cl)ccc2[nH]1)c1cnoc1.CC(NC(=O)c1cc2cc(Cl)ccc2[nH]1)c1ncc[nH]1.COCCOc1ccc(C(C)NC(=O)c2cc3cc(Cl)ccc3[nH]2)cc1.O=C(NC(c1ccccc1)C1CC1)c1cc2cc(Cl)ccc2[nH]1. The largest absolute Gasteiger partial charge is 0.491 e. The fourth-order valence-corrected chi connectivity index (χ4v) is 13.8. The van der Waals surface area contributed by atoms with Crippen molar-refractivity contribution < 1.29 is 38.0 Å². The van der Waals surface area contributed by atoms with Crippen LogP contribution in [0.25, 0.3) is 54.5 Å². The van der Waals surface area contributed by atoms with E-state index >= 15 is 0 Å². The number of carbonyl (C=O) groups excluding carboxylic acids is 5. The highest BCUT2D eigenvalue weighted by atomic mass is 35.5. The molecule has 562 valence electrons. The third-order valence-corrected chi connectivity index (χ3v) is 20.2. The number of amides is 5. The van der Waals surface area contributed by atoms with Crippen LogP contribution in [0.15, 0.2) is 205 Å². The minimum absolute atomic E-state index is 0.0308. The van der Waals surface area contributed by atoms with Crippen molar-refractivity contribution in [1.82, 2.24) is 66.6 Å². The summed E-state index contributed by atoms with van der Waals surface area (Å²) in [5.74, 6) is 2.03. The molecule has 0 radical (unpaired) electrons. The first-order valence-corrected chi connectivity index (χ1v) is 37.7. The van der Waals surface area contributed by atoms with Crippen LogP contribution < -0.4 is 31.3 Å². The molecule has 0 aliphatic heterocycles. The van der Waals surface area contributed by atoms with Crippen LogP contribution in [0.2, 0.25) is 25.1 Å². The van der Waals surface area contributed by atoms with Crippen molar-refractivity contribution in [1.29, 1.82) is 0 Å². The average Bonchev–Trinajstić information content (AvgIpc) is 1.69. The molecule has 5 amide bonds. The van der Waals surface area contributed by atoms with Gasteiger partial charge in [0.25, 0.3) is 29.5 Å². The first-order chi connectivity index (χ1) is 52.7. The number of fused-ring (bicyclic) bond motifs is 5. The molecule has 16 rings (SSSR count). The van der Waals surface area contributed by atoms with E-state index in [0.29, 0.717) is 78.6 Å². The third-order valence-electron chi connectivity index (χ3n) is 19.0. The minimum Gasteiger partial charge on any atom is -0.491 e. The van der Waals surface area contributed by atoms with Crippen molar-refractivity contribution in [3.8, 4) is 5.75 Å². The zero-order valence-electron chi connectivity index (χ0n) is 60.3. The lowest BCUT2D eigenvalue weighted by molar-refractivity contribution is 0.0916. The summed E-state index contributed by atoms with van der Waals surface area (Å²) in [5.41, 5.74) is 10.1. The maximum Gasteiger partial charge on any atom is 0.268 e. The third kappa shape index (κ3) is 20.9. The molecule has 0 saturated heterocycles. The number of methoxy groups -OCH3 is 1. The number of hydrogen-bond donors (Lipinski definition) is 11. The molecule has 0 spiro atoms. The fraction of sp³-hybridized carbons (Fsp3) is 0.241. The molecule has 2 aliphatic carbocycles. The van der Waals surface area contributed by atoms with E-state index in [1.54, 1.807) is 62.1 Å². The number of nitrogens with one attached hydrogen (secondary N) is 11. The molecular formula is C83H82Cl5N13O8. The van der Waals surface area contributed by atoms with E-state index in [4.69, 9.17) is 72.0 Å². The Morgan fingerprint density at radius 2 is 0.853 bits per heavy atom. The second kappa shape index (κ2) is 36.4. The number of aromatic amines is 6. The van der Waals surface area contributed by atoms with Gasteiger partial charge in [-0.1, -0.05) is 118 Å². The molecule has 2 aliphatic rings. The summed E-state index contributed by atoms with van der Waals surface area (Å²) in [6.07, 6.45) is 13.8. The van der Waals surface area contributed by atoms with Crippen molar-refractivity contribution in [2.75, 3.05) is 20.3 Å². The topological polar surface area (TPSA) is 298 Å². The quantitative estimate of drug-likeness (QED) is 0.0321. The summed E-state index contributed by atoms with van der Waals surface area (Å²) < 4.78 is 15.3. The maximum absolute atomic E-state index is 12.6. The number of halogens is 5. The molecule has 5 atom stereocenters. The number of H-pyrrole nitrogens is 6. The number of imidazole rings is 1. The van der Waals surface area contributed by atoms with Crippen molar-refractivity contribution in [2.45, 2.75) is 96.4 Å². The first kappa shape index (κ1) is 77.8. The highest BCUT2D eigenvalue weighted by Crippen LogP contribution is 2.41. The molecule has 0 bridgehead atoms. The van der Waals surface area contributed by atoms with Crippen LogP contribution in [0.3, 0.4) is 0 Å². The lowest BCUT2D eigenvalue weighted by Crippen LogP contribution is -2.37. The summed E-state index contributed by atoms with van der Waals surface area (Å²) in [6.45, 7) is 8.84. The van der Waals surface area contributed by atoms with E-state index in [9.17, 15) is 24.0 Å². The van der Waals surface area contributed by atoms with Crippen LogP contribution in [0.1, 0.15) is 165 Å². The molecule has 5 unspecified atom stereocenters. The molecule has 2 fully saturated rings. The van der Waals surface area contributed by atoms with E-state index in [2.05, 4.69) is 85.7 Å². The summed E-state index contributed by atoms with van der Waals surface area (Å²) in [6, 6.07) is 54.3. The Balaban J connectivity index is 0.000000127. The molecule has 2 saturated carbocycles. The highest BCUT2D eigenvalue weighted by molar-refractivity contribution is 6.33. The Morgan fingerprint density at radius 1 is 0.450 bits per heavy atom. The van der Waals surface area contributed by atoms with Crippen LogP contribution >= 0.6 is 58.0 Å². The van der Waals surface area contributed by atoms with Gasteiger partial charge in [-0.15, -0.1) is 0 Å². The number of carbonyl (C=O) groups is 5. The normalized spacial score (nSPS) is 14.0. The number of nitrogens with zero attached hydrogens (tertiary/aromatic N) is 2. The van der Waals surface area contributed by atoms with E-state index in [-0.39, 0.29) is 59.7 Å². The van der Waals surface area contributed by atoms with Gasteiger partial charge >= 0.3 is 0 Å². The fourth-order valence-electron chi connectivity index (χ4n) is 12.9. The monoisotopic (exact) mass is 1560 g/mol. The predicted molar refractivity (Wildman–Crippen MR) is 431 cm³/mol. The standard InChI is InChI=1S/C20H21ClN2O3.C19H17ClN2O.C16H19ClN2O.C14H13ClN4O.C14H12ClN3O2/c1-13(14-3-6-17(7-4-14)26-10-9-25-2)22-20(24)19-12-15-11-16(21)5-8-18(15)23-19;20-15-8-9-16-14(10-15)11-17(21-16)19(23)22-18(13-6-7-13)12-4-2-1-3-5-12;1-10(11-4-2-3-5-11)18-16(20)15-9-12-8-13(17)6-7-14(12)19-15;1-8(13-16-4-5-17-13)18-14(20)12-7-9-6-10(15)2-3-11(9)19-12;1-8(10-6-16-20-7-10)17-14(19)13-5-9-4-11(15)2-3-12(9)18-13/h3-8,11-13,23H,9-10H2,1-2H3,(H,22,24);1-5,8-11,13,18,21H,6-7H2,(H,22,23);6-11,19H,2-5H2,1H3,(H,18,20);2-8,19H,1H3,(H,16,17)(H,18,20);2-8,18H,1H3,(H,17,19). The van der Waals surface area contributed by atoms with Gasteiger partial charge in [0.15, 0.2) is 0 Å². The van der Waals surface area contributed by atoms with E-state index in [0.717, 1.165) is 77.2 Å². The smallest absolute Gasteiger partial charge is 0.268 e. The Bertz CT molecular complexity index is 5280. The van der Waals surface area contributed by atoms with Crippen LogP contribution in [0, 0.1) is 11.8 Å². The Morgan fingerprint density at radius 3 is 1.24 bits per heavy atom. The van der Waals surface area contributed by atoms with Crippen molar-refractivity contribution >= 4 is 142 Å². The van der Waals surface area contributed by atoms with Crippen LogP contribution in [0.5, 0.6) is 5.75 Å². The van der Waals surface area contributed by atoms with Crippen LogP contribution in [0.4, 0.5) is 0 Å². The number of rotatable bonds is 20. The van der Waals surface area contributed by atoms with Gasteiger partial charge in [0.1, 0.15) is 52.9 Å². The molecule has 21 nitrogen and oxygen atoms in total. The molecule has 14 aromatic rings. The molecule has 7 aromatic heterocycles. The molecule has 7 heterocycles. The summed E-state index contributed by atoms with van der Waals surface area (Å²) in [7, 11) is 1.64. The highest BCUT2D eigenvalue weighted by Gasteiger charge is 2.34. The summed E-state index contributed by atoms with van der Waals surface area (Å²) >= 11 is 29.8. The van der Waals surface area contributed by atoms with Gasteiger partial charge in [-0.3, -0.25) is 24.0 Å². The second-order valence-electron chi connectivity index (χ2n) is 27.0. The number of ether oxygens (including phenoxy) is 2. The van der Waals surface area contributed by atoms with Crippen LogP contribution in [-0.2, 0) is 4.74 Å². The van der Waals surface area contributed by atoms with Crippen molar-refractivity contribution in [3.63, 3.8) is 0 Å². The van der Waals surface area contributed by atoms with Crippen molar-refractivity contribution in [2.24, 2.45) is 11.8 Å². The summed E-state index contributed by atoms with van der Waals surface area (Å²) in [5, 5.41) is 26.6. The lowest BCUT2D eigenvalue weighted by Gasteiger charge is -2.19. The maximum atomic E-state index is 12.6. The van der Waals surface area contributed by atoms with Gasteiger partial charge in [-0.25, -0.2) is 4.98 Å². The molecular weight excluding hydrogens is 1480 g/mol. The lowest BCUT2D eigenvalue weighted by atomic mass is 10.00. The Hall–Kier alpha value is -10.8. The second-order valence-corrected chi connectivity index (χ2v) is 29.2. The van der Waals surface area contributed by atoms with Gasteiger partial charge in [-0.05, 0) is 210 Å². The van der Waals surface area contributed by atoms with Gasteiger partial charge in [0.2, 0.25) is 0 Å². The van der Waals surface area contributed by atoms with E-state index < -0.39 is 0 Å². The molecule has 26 heteroatoms.